The Morgan fingerprint density at radius 1 is 1.81 bits per heavy atom. The normalized spacial score (nSPS) is 12.2. The molecule has 1 aromatic rings. The van der Waals surface area contributed by atoms with Crippen LogP contribution in [0.25, 0.3) is 0 Å². The van der Waals surface area contributed by atoms with E-state index in [1.54, 1.807) is 13.8 Å². The Bertz CT molecular complexity index is 414. The van der Waals surface area contributed by atoms with Crippen molar-refractivity contribution in [1.29, 1.82) is 0 Å². The quantitative estimate of drug-likeness (QED) is 0.318. The van der Waals surface area contributed by atoms with E-state index in [0.29, 0.717) is 5.69 Å². The van der Waals surface area contributed by atoms with Crippen LogP contribution < -0.4 is 11.3 Å². The molecule has 3 N–H and O–H groups in total. The predicted molar refractivity (Wildman–Crippen MR) is 55.1 cm³/mol. The van der Waals surface area contributed by atoms with Gasteiger partial charge >= 0.3 is 5.82 Å². The van der Waals surface area contributed by atoms with Crippen LogP contribution in [0, 0.1) is 23.0 Å². The molecule has 0 spiro atoms. The third-order valence-corrected chi connectivity index (χ3v) is 2.19. The average Bonchev–Trinajstić information content (AvgIpc) is 2.59. The zero-order chi connectivity index (χ0) is 12.3. The van der Waals surface area contributed by atoms with E-state index in [0.717, 1.165) is 0 Å². The maximum absolute atomic E-state index is 11.2. The Balaban J connectivity index is 2.81. The van der Waals surface area contributed by atoms with Gasteiger partial charge in [0.15, 0.2) is 0 Å². The van der Waals surface area contributed by atoms with E-state index in [1.165, 1.54) is 10.7 Å². The molecule has 16 heavy (non-hydrogen) atoms. The van der Waals surface area contributed by atoms with E-state index in [2.05, 4.69) is 5.10 Å². The highest BCUT2D eigenvalue weighted by Crippen LogP contribution is 2.12. The molecule has 88 valence electrons. The van der Waals surface area contributed by atoms with E-state index in [9.17, 15) is 14.9 Å². The van der Waals surface area contributed by atoms with Gasteiger partial charge in [-0.3, -0.25) is 10.2 Å². The average molecular weight is 227 g/mol. The molecule has 1 rings (SSSR count). The van der Waals surface area contributed by atoms with Crippen LogP contribution in [0.3, 0.4) is 0 Å². The molecule has 8 nitrogen and oxygen atoms in total. The first-order valence-electron chi connectivity index (χ1n) is 4.65. The van der Waals surface area contributed by atoms with Crippen molar-refractivity contribution in [3.05, 3.63) is 21.9 Å². The lowest BCUT2D eigenvalue weighted by molar-refractivity contribution is -0.389. The first-order chi connectivity index (χ1) is 7.45. The van der Waals surface area contributed by atoms with Crippen molar-refractivity contribution in [3.8, 4) is 0 Å². The third kappa shape index (κ3) is 2.54. The van der Waals surface area contributed by atoms with Gasteiger partial charge in [-0.15, -0.1) is 0 Å². The number of hydrogen-bond acceptors (Lipinski definition) is 5. The van der Waals surface area contributed by atoms with Crippen molar-refractivity contribution < 1.29 is 9.72 Å². The van der Waals surface area contributed by atoms with Crippen molar-refractivity contribution in [2.24, 2.45) is 11.8 Å². The van der Waals surface area contributed by atoms with Crippen molar-refractivity contribution in [2.75, 3.05) is 0 Å². The molecule has 0 saturated heterocycles. The fourth-order valence-electron chi connectivity index (χ4n) is 1.25. The largest absolute Gasteiger partial charge is 0.390 e. The van der Waals surface area contributed by atoms with Crippen LogP contribution in [0.4, 0.5) is 5.82 Å². The first kappa shape index (κ1) is 12.1. The van der Waals surface area contributed by atoms with Gasteiger partial charge in [0, 0.05) is 0 Å². The molecule has 0 bridgehead atoms. The van der Waals surface area contributed by atoms with E-state index >= 15 is 0 Å². The molecule has 0 aliphatic carbocycles. The number of carbonyl (C=O) groups is 1. The van der Waals surface area contributed by atoms with Crippen LogP contribution >= 0.6 is 0 Å². The SMILES string of the molecule is Cc1cc([N+](=O)[O-])nn1C[C@H](C)C(=O)NN. The van der Waals surface area contributed by atoms with E-state index in [1.807, 2.05) is 5.43 Å². The van der Waals surface area contributed by atoms with Crippen LogP contribution in [0.15, 0.2) is 6.07 Å². The van der Waals surface area contributed by atoms with Gasteiger partial charge in [-0.1, -0.05) is 6.92 Å². The molecule has 1 atom stereocenters. The summed E-state index contributed by atoms with van der Waals surface area (Å²) in [6.45, 7) is 3.60. The summed E-state index contributed by atoms with van der Waals surface area (Å²) in [4.78, 5) is 21.1. The summed E-state index contributed by atoms with van der Waals surface area (Å²) >= 11 is 0. The molecule has 0 unspecified atom stereocenters. The second-order valence-corrected chi connectivity index (χ2v) is 3.49. The minimum atomic E-state index is -0.572. The molecule has 1 heterocycles. The minimum absolute atomic E-state index is 0.224. The van der Waals surface area contributed by atoms with Gasteiger partial charge < -0.3 is 10.1 Å². The highest BCUT2D eigenvalue weighted by Gasteiger charge is 2.19. The van der Waals surface area contributed by atoms with Gasteiger partial charge in [0.25, 0.3) is 0 Å². The maximum atomic E-state index is 11.2. The van der Waals surface area contributed by atoms with E-state index < -0.39 is 10.8 Å². The lowest BCUT2D eigenvalue weighted by atomic mass is 10.2. The number of amides is 1. The fraction of sp³-hybridized carbons (Fsp3) is 0.500. The summed E-state index contributed by atoms with van der Waals surface area (Å²) < 4.78 is 1.41. The first-order valence-corrected chi connectivity index (χ1v) is 4.65. The summed E-state index contributed by atoms with van der Waals surface area (Å²) in [5.74, 6) is 4.02. The number of nitrogens with two attached hydrogens (primary N) is 1. The lowest BCUT2D eigenvalue weighted by Crippen LogP contribution is -2.36. The van der Waals surface area contributed by atoms with Crippen molar-refractivity contribution in [2.45, 2.75) is 20.4 Å². The Kier molecular flexibility index (Phi) is 3.56. The number of nitrogens with zero attached hydrogens (tertiary/aromatic N) is 3. The van der Waals surface area contributed by atoms with Gasteiger partial charge in [-0.25, -0.2) is 5.84 Å². The van der Waals surface area contributed by atoms with Crippen molar-refractivity contribution in [1.82, 2.24) is 15.2 Å². The van der Waals surface area contributed by atoms with Crippen LogP contribution in [-0.4, -0.2) is 20.6 Å². The standard InChI is InChI=1S/C8H13N5O3/c1-5(8(14)10-9)4-12-6(2)3-7(11-12)13(15)16/h3,5H,4,9H2,1-2H3,(H,10,14)/t5-/m0/s1. The van der Waals surface area contributed by atoms with Crippen LogP contribution in [0.5, 0.6) is 0 Å². The molecule has 0 fully saturated rings. The van der Waals surface area contributed by atoms with Crippen molar-refractivity contribution in [3.63, 3.8) is 0 Å². The summed E-state index contributed by atoms with van der Waals surface area (Å²) in [6.07, 6.45) is 0. The summed E-state index contributed by atoms with van der Waals surface area (Å²) in [5.41, 5.74) is 2.65. The predicted octanol–water partition coefficient (Wildman–Crippen LogP) is -0.274. The van der Waals surface area contributed by atoms with E-state index in [4.69, 9.17) is 5.84 Å². The molecule has 8 heteroatoms. The number of nitro groups is 1. The fourth-order valence-corrected chi connectivity index (χ4v) is 1.25. The Labute approximate surface area is 91.5 Å². The lowest BCUT2D eigenvalue weighted by Gasteiger charge is -2.07. The summed E-state index contributed by atoms with van der Waals surface area (Å²) in [7, 11) is 0. The number of rotatable bonds is 4. The number of hydrogen-bond donors (Lipinski definition) is 2. The van der Waals surface area contributed by atoms with E-state index in [-0.39, 0.29) is 18.3 Å². The van der Waals surface area contributed by atoms with Crippen LogP contribution in [-0.2, 0) is 11.3 Å². The van der Waals surface area contributed by atoms with Gasteiger partial charge in [-0.2, -0.15) is 4.68 Å². The third-order valence-electron chi connectivity index (χ3n) is 2.19. The molecule has 1 aromatic heterocycles. The summed E-state index contributed by atoms with van der Waals surface area (Å²) in [6, 6.07) is 1.35. The molecule has 1 amide bonds. The second-order valence-electron chi connectivity index (χ2n) is 3.49. The molecule has 0 saturated carbocycles. The Hall–Kier alpha value is -1.96. The number of aryl methyl sites for hydroxylation is 1. The Morgan fingerprint density at radius 2 is 2.44 bits per heavy atom. The zero-order valence-electron chi connectivity index (χ0n) is 9.01. The summed E-state index contributed by atoms with van der Waals surface area (Å²) in [5, 5.41) is 14.2. The molecule has 0 aliphatic heterocycles. The van der Waals surface area contributed by atoms with Gasteiger partial charge in [0.05, 0.1) is 29.3 Å². The minimum Gasteiger partial charge on any atom is -0.358 e. The maximum Gasteiger partial charge on any atom is 0.390 e. The van der Waals surface area contributed by atoms with Crippen molar-refractivity contribution >= 4 is 11.7 Å². The number of hydrazine groups is 1. The van der Waals surface area contributed by atoms with Gasteiger partial charge in [-0.05, 0) is 11.8 Å². The van der Waals surface area contributed by atoms with Gasteiger partial charge in [0.1, 0.15) is 0 Å². The van der Waals surface area contributed by atoms with Crippen LogP contribution in [0.2, 0.25) is 0 Å². The molecular formula is C8H13N5O3. The zero-order valence-corrected chi connectivity index (χ0v) is 9.01. The van der Waals surface area contributed by atoms with Gasteiger partial charge in [0.2, 0.25) is 5.91 Å². The molecular weight excluding hydrogens is 214 g/mol. The highest BCUT2D eigenvalue weighted by molar-refractivity contribution is 5.77. The molecule has 0 radical (unpaired) electrons. The highest BCUT2D eigenvalue weighted by atomic mass is 16.6. The smallest absolute Gasteiger partial charge is 0.358 e. The number of carbonyl (C=O) groups excluding carboxylic acids is 1. The second kappa shape index (κ2) is 4.71. The molecule has 0 aliphatic rings. The molecule has 0 aromatic carbocycles. The Morgan fingerprint density at radius 3 is 2.88 bits per heavy atom. The van der Waals surface area contributed by atoms with Crippen LogP contribution in [0.1, 0.15) is 12.6 Å². The number of aromatic nitrogens is 2. The number of nitrogens with one attached hydrogen (secondary N) is 1. The monoisotopic (exact) mass is 227 g/mol. The topological polar surface area (TPSA) is 116 Å².